The van der Waals surface area contributed by atoms with Gasteiger partial charge in [-0.2, -0.15) is 0 Å². The number of rotatable bonds is 4. The molecule has 0 spiro atoms. The summed E-state index contributed by atoms with van der Waals surface area (Å²) in [7, 11) is 0. The fourth-order valence-electron chi connectivity index (χ4n) is 1.67. The minimum absolute atomic E-state index is 0.730. The van der Waals surface area contributed by atoms with Crippen molar-refractivity contribution in [2.75, 3.05) is 5.73 Å². The molecular weight excluding hydrogens is 262 g/mol. The van der Waals surface area contributed by atoms with Crippen LogP contribution >= 0.6 is 23.4 Å². The van der Waals surface area contributed by atoms with Crippen LogP contribution in [0.4, 0.5) is 5.69 Å². The number of anilines is 1. The van der Waals surface area contributed by atoms with Crippen LogP contribution in [0.1, 0.15) is 18.1 Å². The summed E-state index contributed by atoms with van der Waals surface area (Å²) in [5.74, 6) is 0.911. The minimum Gasteiger partial charge on any atom is -0.398 e. The van der Waals surface area contributed by atoms with Crippen LogP contribution in [0.2, 0.25) is 5.02 Å². The van der Waals surface area contributed by atoms with Crippen molar-refractivity contribution in [3.8, 4) is 0 Å². The van der Waals surface area contributed by atoms with Crippen LogP contribution in [0.15, 0.2) is 47.4 Å². The van der Waals surface area contributed by atoms with Gasteiger partial charge in [0.05, 0.1) is 0 Å². The summed E-state index contributed by atoms with van der Waals surface area (Å²) in [6.45, 7) is 2.16. The van der Waals surface area contributed by atoms with Gasteiger partial charge >= 0.3 is 0 Å². The number of nitrogens with two attached hydrogens (primary N) is 1. The lowest BCUT2D eigenvalue weighted by molar-refractivity contribution is 1.13. The largest absolute Gasteiger partial charge is 0.398 e. The first-order valence-corrected chi connectivity index (χ1v) is 7.31. The van der Waals surface area contributed by atoms with Crippen molar-refractivity contribution >= 4 is 29.1 Å². The molecule has 0 heterocycles. The van der Waals surface area contributed by atoms with Gasteiger partial charge in [-0.05, 0) is 35.7 Å². The second-order valence-corrected chi connectivity index (χ2v) is 5.59. The Morgan fingerprint density at radius 1 is 1.06 bits per heavy atom. The lowest BCUT2D eigenvalue weighted by Crippen LogP contribution is -1.89. The van der Waals surface area contributed by atoms with Crippen molar-refractivity contribution in [2.24, 2.45) is 0 Å². The molecule has 0 aromatic heterocycles. The van der Waals surface area contributed by atoms with E-state index in [-0.39, 0.29) is 0 Å². The van der Waals surface area contributed by atoms with E-state index in [4.69, 9.17) is 17.3 Å². The second-order valence-electron chi connectivity index (χ2n) is 4.14. The van der Waals surface area contributed by atoms with Crippen molar-refractivity contribution in [3.63, 3.8) is 0 Å². The molecule has 0 unspecified atom stereocenters. The molecule has 2 aromatic rings. The summed E-state index contributed by atoms with van der Waals surface area (Å²) in [5.41, 5.74) is 9.38. The maximum absolute atomic E-state index is 5.97. The first-order valence-electron chi connectivity index (χ1n) is 5.94. The monoisotopic (exact) mass is 277 g/mol. The average Bonchev–Trinajstić information content (AvgIpc) is 2.40. The minimum atomic E-state index is 0.730. The van der Waals surface area contributed by atoms with Gasteiger partial charge in [-0.15, -0.1) is 11.8 Å². The number of hydrogen-bond donors (Lipinski definition) is 1. The molecule has 0 aliphatic heterocycles. The topological polar surface area (TPSA) is 26.0 Å². The third kappa shape index (κ3) is 3.44. The summed E-state index contributed by atoms with van der Waals surface area (Å²) in [4.78, 5) is 1.04. The molecule has 0 aliphatic carbocycles. The fraction of sp³-hybridized carbons (Fsp3) is 0.200. The summed E-state index contributed by atoms with van der Waals surface area (Å²) >= 11 is 7.69. The molecule has 2 rings (SSSR count). The van der Waals surface area contributed by atoms with Crippen LogP contribution in [-0.2, 0) is 12.2 Å². The molecular formula is C15H16ClNS. The molecule has 0 saturated heterocycles. The molecule has 18 heavy (non-hydrogen) atoms. The van der Waals surface area contributed by atoms with E-state index in [0.717, 1.165) is 27.8 Å². The zero-order chi connectivity index (χ0) is 13.0. The van der Waals surface area contributed by atoms with E-state index in [1.54, 1.807) is 11.8 Å². The van der Waals surface area contributed by atoms with E-state index in [0.29, 0.717) is 0 Å². The highest BCUT2D eigenvalue weighted by molar-refractivity contribution is 7.98. The highest BCUT2D eigenvalue weighted by Crippen LogP contribution is 2.30. The van der Waals surface area contributed by atoms with Gasteiger partial charge in [-0.25, -0.2) is 0 Å². The molecule has 0 saturated carbocycles. The predicted octanol–water partition coefficient (Wildman–Crippen LogP) is 4.78. The molecule has 1 nitrogen and oxygen atoms in total. The van der Waals surface area contributed by atoms with Gasteiger partial charge in [0.15, 0.2) is 0 Å². The highest BCUT2D eigenvalue weighted by Gasteiger charge is 2.02. The SMILES string of the molecule is CCc1ccc(CSc2cc(Cl)ccc2N)cc1. The number of hydrogen-bond acceptors (Lipinski definition) is 2. The third-order valence-corrected chi connectivity index (χ3v) is 4.18. The second kappa shape index (κ2) is 6.17. The van der Waals surface area contributed by atoms with E-state index in [1.165, 1.54) is 11.1 Å². The smallest absolute Gasteiger partial charge is 0.0453 e. The summed E-state index contributed by atoms with van der Waals surface area (Å²) < 4.78 is 0. The lowest BCUT2D eigenvalue weighted by atomic mass is 10.1. The van der Waals surface area contributed by atoms with E-state index in [1.807, 2.05) is 18.2 Å². The molecule has 0 atom stereocenters. The van der Waals surface area contributed by atoms with Crippen LogP contribution in [0.3, 0.4) is 0 Å². The van der Waals surface area contributed by atoms with Crippen molar-refractivity contribution in [1.29, 1.82) is 0 Å². The highest BCUT2D eigenvalue weighted by atomic mass is 35.5. The lowest BCUT2D eigenvalue weighted by Gasteiger charge is -2.06. The summed E-state index contributed by atoms with van der Waals surface area (Å²) in [5, 5.41) is 0.730. The Kier molecular flexibility index (Phi) is 4.56. The number of aryl methyl sites for hydroxylation is 1. The molecule has 0 fully saturated rings. The van der Waals surface area contributed by atoms with Gasteiger partial charge in [0.25, 0.3) is 0 Å². The first kappa shape index (κ1) is 13.3. The van der Waals surface area contributed by atoms with Crippen molar-refractivity contribution in [3.05, 3.63) is 58.6 Å². The van der Waals surface area contributed by atoms with Crippen LogP contribution < -0.4 is 5.73 Å². The maximum Gasteiger partial charge on any atom is 0.0453 e. The Hall–Kier alpha value is -1.12. The molecule has 0 radical (unpaired) electrons. The standard InChI is InChI=1S/C15H16ClNS/c1-2-11-3-5-12(6-4-11)10-18-15-9-13(16)7-8-14(15)17/h3-9H,2,10,17H2,1H3. The van der Waals surface area contributed by atoms with Crippen molar-refractivity contribution in [2.45, 2.75) is 24.0 Å². The fourth-order valence-corrected chi connectivity index (χ4v) is 2.86. The number of halogens is 1. The van der Waals surface area contributed by atoms with E-state index >= 15 is 0 Å². The van der Waals surface area contributed by atoms with Gasteiger partial charge in [0, 0.05) is 21.4 Å². The molecule has 2 aromatic carbocycles. The Bertz CT molecular complexity index is 523. The molecule has 94 valence electrons. The molecule has 0 aliphatic rings. The molecule has 3 heteroatoms. The van der Waals surface area contributed by atoms with E-state index in [9.17, 15) is 0 Å². The Morgan fingerprint density at radius 3 is 2.39 bits per heavy atom. The van der Waals surface area contributed by atoms with Gasteiger partial charge in [0.1, 0.15) is 0 Å². The predicted molar refractivity (Wildman–Crippen MR) is 81.2 cm³/mol. The summed E-state index contributed by atoms with van der Waals surface area (Å²) in [6.07, 6.45) is 1.08. The first-order chi connectivity index (χ1) is 8.69. The van der Waals surface area contributed by atoms with E-state index < -0.39 is 0 Å². The third-order valence-electron chi connectivity index (χ3n) is 2.80. The van der Waals surface area contributed by atoms with Crippen LogP contribution in [0.5, 0.6) is 0 Å². The average molecular weight is 278 g/mol. The quantitative estimate of drug-likeness (QED) is 0.643. The zero-order valence-electron chi connectivity index (χ0n) is 10.3. The number of benzene rings is 2. The van der Waals surface area contributed by atoms with Gasteiger partial charge < -0.3 is 5.73 Å². The Labute approximate surface area is 117 Å². The van der Waals surface area contributed by atoms with Gasteiger partial charge in [-0.1, -0.05) is 42.8 Å². The number of nitrogen functional groups attached to an aromatic ring is 1. The zero-order valence-corrected chi connectivity index (χ0v) is 11.9. The maximum atomic E-state index is 5.97. The van der Waals surface area contributed by atoms with Gasteiger partial charge in [0.2, 0.25) is 0 Å². The van der Waals surface area contributed by atoms with Crippen LogP contribution in [0.25, 0.3) is 0 Å². The number of thioether (sulfide) groups is 1. The van der Waals surface area contributed by atoms with Crippen molar-refractivity contribution < 1.29 is 0 Å². The van der Waals surface area contributed by atoms with Crippen LogP contribution in [0, 0.1) is 0 Å². The van der Waals surface area contributed by atoms with Gasteiger partial charge in [-0.3, -0.25) is 0 Å². The van der Waals surface area contributed by atoms with Crippen molar-refractivity contribution in [1.82, 2.24) is 0 Å². The normalized spacial score (nSPS) is 10.6. The molecule has 0 bridgehead atoms. The van der Waals surface area contributed by atoms with E-state index in [2.05, 4.69) is 31.2 Å². The molecule has 2 N–H and O–H groups in total. The molecule has 0 amide bonds. The summed E-state index contributed by atoms with van der Waals surface area (Å²) in [6, 6.07) is 14.3. The Morgan fingerprint density at radius 2 is 1.72 bits per heavy atom. The van der Waals surface area contributed by atoms with Crippen LogP contribution in [-0.4, -0.2) is 0 Å². The Balaban J connectivity index is 2.04.